The molecule has 1 aromatic carbocycles. The SMILES string of the molecule is CCC(=Cc1ccccc1)[C@H](N)O. The molecule has 0 unspecified atom stereocenters. The first-order valence-corrected chi connectivity index (χ1v) is 4.43. The number of benzene rings is 1. The highest BCUT2D eigenvalue weighted by Gasteiger charge is 2.01. The lowest BCUT2D eigenvalue weighted by atomic mass is 10.1. The minimum Gasteiger partial charge on any atom is -0.375 e. The Kier molecular flexibility index (Phi) is 3.68. The maximum atomic E-state index is 9.18. The van der Waals surface area contributed by atoms with E-state index < -0.39 is 6.23 Å². The molecule has 0 saturated carbocycles. The predicted octanol–water partition coefficient (Wildman–Crippen LogP) is 1.76. The molecule has 2 nitrogen and oxygen atoms in total. The normalized spacial score (nSPS) is 14.2. The van der Waals surface area contributed by atoms with Crippen LogP contribution in [0.4, 0.5) is 0 Å². The molecule has 3 N–H and O–H groups in total. The van der Waals surface area contributed by atoms with Crippen molar-refractivity contribution in [2.75, 3.05) is 0 Å². The summed E-state index contributed by atoms with van der Waals surface area (Å²) in [6, 6.07) is 9.85. The molecule has 1 aromatic rings. The van der Waals surface area contributed by atoms with Crippen LogP contribution in [0.5, 0.6) is 0 Å². The Hall–Kier alpha value is -1.12. The number of rotatable bonds is 3. The first-order chi connectivity index (χ1) is 6.24. The molecule has 0 spiro atoms. The molecule has 0 aliphatic rings. The van der Waals surface area contributed by atoms with Gasteiger partial charge in [0.25, 0.3) is 0 Å². The lowest BCUT2D eigenvalue weighted by Crippen LogP contribution is -2.20. The first-order valence-electron chi connectivity index (χ1n) is 4.43. The molecule has 0 fully saturated rings. The van der Waals surface area contributed by atoms with Crippen LogP contribution in [0, 0.1) is 0 Å². The summed E-state index contributed by atoms with van der Waals surface area (Å²) in [5.41, 5.74) is 7.31. The zero-order valence-corrected chi connectivity index (χ0v) is 7.77. The summed E-state index contributed by atoms with van der Waals surface area (Å²) in [6.07, 6.45) is 1.85. The Morgan fingerprint density at radius 2 is 2.08 bits per heavy atom. The van der Waals surface area contributed by atoms with Crippen molar-refractivity contribution in [3.8, 4) is 0 Å². The lowest BCUT2D eigenvalue weighted by molar-refractivity contribution is 0.217. The highest BCUT2D eigenvalue weighted by atomic mass is 16.3. The molecule has 0 aromatic heterocycles. The fraction of sp³-hybridized carbons (Fsp3) is 0.273. The first kappa shape index (κ1) is 9.96. The van der Waals surface area contributed by atoms with Crippen LogP contribution in [-0.2, 0) is 0 Å². The van der Waals surface area contributed by atoms with E-state index in [4.69, 9.17) is 5.73 Å². The molecule has 0 radical (unpaired) electrons. The van der Waals surface area contributed by atoms with Crippen molar-refractivity contribution < 1.29 is 5.11 Å². The van der Waals surface area contributed by atoms with Gasteiger partial charge in [-0.25, -0.2) is 0 Å². The molecule has 0 bridgehead atoms. The molecule has 0 heterocycles. The van der Waals surface area contributed by atoms with Gasteiger partial charge in [0.05, 0.1) is 0 Å². The van der Waals surface area contributed by atoms with Gasteiger partial charge in [0.1, 0.15) is 6.23 Å². The minimum atomic E-state index is -0.842. The van der Waals surface area contributed by atoms with E-state index in [1.165, 1.54) is 0 Å². The number of aliphatic hydroxyl groups excluding tert-OH is 1. The number of hydrogen-bond acceptors (Lipinski definition) is 2. The van der Waals surface area contributed by atoms with E-state index >= 15 is 0 Å². The summed E-state index contributed by atoms with van der Waals surface area (Å²) in [5.74, 6) is 0. The molecule has 70 valence electrons. The van der Waals surface area contributed by atoms with Crippen molar-refractivity contribution in [1.82, 2.24) is 0 Å². The average Bonchev–Trinajstić information content (AvgIpc) is 2.15. The van der Waals surface area contributed by atoms with Gasteiger partial charge in [0, 0.05) is 0 Å². The predicted molar refractivity (Wildman–Crippen MR) is 54.9 cm³/mol. The van der Waals surface area contributed by atoms with E-state index in [1.807, 2.05) is 43.3 Å². The van der Waals surface area contributed by atoms with Gasteiger partial charge < -0.3 is 10.8 Å². The molecule has 1 atom stereocenters. The van der Waals surface area contributed by atoms with Crippen LogP contribution < -0.4 is 5.73 Å². The van der Waals surface area contributed by atoms with Crippen molar-refractivity contribution in [3.05, 3.63) is 41.5 Å². The molecule has 1 rings (SSSR count). The van der Waals surface area contributed by atoms with E-state index in [1.54, 1.807) is 0 Å². The second-order valence-corrected chi connectivity index (χ2v) is 2.93. The van der Waals surface area contributed by atoms with Crippen LogP contribution in [0.25, 0.3) is 6.08 Å². The Labute approximate surface area is 78.7 Å². The minimum absolute atomic E-state index is 0.770. The standard InChI is InChI=1S/C11H15NO/c1-2-10(11(12)13)8-9-6-4-3-5-7-9/h3-8,11,13H,2,12H2,1H3/t11-/m1/s1. The van der Waals surface area contributed by atoms with Gasteiger partial charge in [-0.15, -0.1) is 0 Å². The third-order valence-corrected chi connectivity index (χ3v) is 1.94. The third-order valence-electron chi connectivity index (χ3n) is 1.94. The largest absolute Gasteiger partial charge is 0.375 e. The third kappa shape index (κ3) is 3.01. The second-order valence-electron chi connectivity index (χ2n) is 2.93. The van der Waals surface area contributed by atoms with E-state index in [0.29, 0.717) is 0 Å². The highest BCUT2D eigenvalue weighted by Crippen LogP contribution is 2.10. The van der Waals surface area contributed by atoms with Gasteiger partial charge >= 0.3 is 0 Å². The summed E-state index contributed by atoms with van der Waals surface area (Å²) in [7, 11) is 0. The molecular formula is C11H15NO. The smallest absolute Gasteiger partial charge is 0.124 e. The van der Waals surface area contributed by atoms with Crippen LogP contribution in [0.2, 0.25) is 0 Å². The Morgan fingerprint density at radius 1 is 1.46 bits per heavy atom. The molecule has 0 aliphatic carbocycles. The zero-order chi connectivity index (χ0) is 9.68. The summed E-state index contributed by atoms with van der Waals surface area (Å²) in [6.45, 7) is 1.98. The maximum Gasteiger partial charge on any atom is 0.124 e. The molecule has 2 heteroatoms. The van der Waals surface area contributed by atoms with Gasteiger partial charge in [-0.1, -0.05) is 43.3 Å². The van der Waals surface area contributed by atoms with E-state index in [9.17, 15) is 5.11 Å². The van der Waals surface area contributed by atoms with Gasteiger partial charge in [-0.2, -0.15) is 0 Å². The van der Waals surface area contributed by atoms with Crippen LogP contribution in [0.15, 0.2) is 35.9 Å². The van der Waals surface area contributed by atoms with Gasteiger partial charge in [0.15, 0.2) is 0 Å². The van der Waals surface area contributed by atoms with Crippen molar-refractivity contribution in [3.63, 3.8) is 0 Å². The van der Waals surface area contributed by atoms with E-state index in [0.717, 1.165) is 17.6 Å². The van der Waals surface area contributed by atoms with Crippen LogP contribution in [0.1, 0.15) is 18.9 Å². The number of hydrogen-bond donors (Lipinski definition) is 2. The zero-order valence-electron chi connectivity index (χ0n) is 7.77. The van der Waals surface area contributed by atoms with E-state index in [-0.39, 0.29) is 0 Å². The molecule has 0 aliphatic heterocycles. The number of aliphatic hydroxyl groups is 1. The average molecular weight is 177 g/mol. The quantitative estimate of drug-likeness (QED) is 0.691. The van der Waals surface area contributed by atoms with Crippen LogP contribution in [-0.4, -0.2) is 11.3 Å². The second kappa shape index (κ2) is 4.80. The monoisotopic (exact) mass is 177 g/mol. The van der Waals surface area contributed by atoms with Crippen LogP contribution >= 0.6 is 0 Å². The molecule has 0 amide bonds. The van der Waals surface area contributed by atoms with Gasteiger partial charge in [-0.3, -0.25) is 0 Å². The topological polar surface area (TPSA) is 46.2 Å². The Balaban J connectivity index is 2.85. The van der Waals surface area contributed by atoms with Crippen molar-refractivity contribution in [2.24, 2.45) is 5.73 Å². The lowest BCUT2D eigenvalue weighted by Gasteiger charge is -2.07. The number of nitrogens with two attached hydrogens (primary N) is 1. The molecular weight excluding hydrogens is 162 g/mol. The summed E-state index contributed by atoms with van der Waals surface area (Å²) < 4.78 is 0. The maximum absolute atomic E-state index is 9.18. The van der Waals surface area contributed by atoms with Gasteiger partial charge in [0.2, 0.25) is 0 Å². The summed E-state index contributed by atoms with van der Waals surface area (Å²) in [5, 5.41) is 9.18. The fourth-order valence-electron chi connectivity index (χ4n) is 1.16. The Bertz CT molecular complexity index is 277. The fourth-order valence-corrected chi connectivity index (χ4v) is 1.16. The molecule has 0 saturated heterocycles. The highest BCUT2D eigenvalue weighted by molar-refractivity contribution is 5.53. The summed E-state index contributed by atoms with van der Waals surface area (Å²) in [4.78, 5) is 0. The van der Waals surface area contributed by atoms with E-state index in [2.05, 4.69) is 0 Å². The van der Waals surface area contributed by atoms with Crippen molar-refractivity contribution in [2.45, 2.75) is 19.6 Å². The van der Waals surface area contributed by atoms with Crippen molar-refractivity contribution in [1.29, 1.82) is 0 Å². The molecule has 13 heavy (non-hydrogen) atoms. The summed E-state index contributed by atoms with van der Waals surface area (Å²) >= 11 is 0. The Morgan fingerprint density at radius 3 is 2.54 bits per heavy atom. The van der Waals surface area contributed by atoms with Gasteiger partial charge in [-0.05, 0) is 17.6 Å². The van der Waals surface area contributed by atoms with Crippen molar-refractivity contribution >= 4 is 6.08 Å². The van der Waals surface area contributed by atoms with Crippen LogP contribution in [0.3, 0.4) is 0 Å².